The first-order valence-electron chi connectivity index (χ1n) is 6.67. The second-order valence-corrected chi connectivity index (χ2v) is 4.79. The van der Waals surface area contributed by atoms with E-state index in [-0.39, 0.29) is 5.56 Å². The number of para-hydroxylation sites is 1. The lowest BCUT2D eigenvalue weighted by Crippen LogP contribution is -2.09. The number of aromatic nitrogens is 2. The van der Waals surface area contributed by atoms with Gasteiger partial charge in [0.2, 0.25) is 0 Å². The molecule has 3 aromatic rings. The summed E-state index contributed by atoms with van der Waals surface area (Å²) in [4.78, 5) is 28.9. The highest BCUT2D eigenvalue weighted by atomic mass is 16.6. The Kier molecular flexibility index (Phi) is 3.60. The standard InChI is InChI=1S/C16H11N3O4/c20-14-7-5-10(9-13(14)19(22)23)6-8-15-17-12-4-2-1-3-11(12)16(21)18-15/h1-9,20H,(H,17,18,21)/p-1/b8-6+. The molecule has 7 heteroatoms. The van der Waals surface area contributed by atoms with Crippen molar-refractivity contribution in [2.24, 2.45) is 0 Å². The van der Waals surface area contributed by atoms with Crippen LogP contribution in [-0.2, 0) is 0 Å². The molecule has 0 aliphatic heterocycles. The van der Waals surface area contributed by atoms with Crippen molar-refractivity contribution >= 4 is 28.7 Å². The van der Waals surface area contributed by atoms with Gasteiger partial charge in [0, 0.05) is 6.07 Å². The van der Waals surface area contributed by atoms with E-state index in [1.54, 1.807) is 30.3 Å². The van der Waals surface area contributed by atoms with Crippen LogP contribution in [0.3, 0.4) is 0 Å². The number of aromatic amines is 1. The third kappa shape index (κ3) is 2.93. The number of H-pyrrole nitrogens is 1. The molecule has 23 heavy (non-hydrogen) atoms. The van der Waals surface area contributed by atoms with E-state index in [2.05, 4.69) is 9.97 Å². The van der Waals surface area contributed by atoms with Crippen LogP contribution >= 0.6 is 0 Å². The number of hydrogen-bond acceptors (Lipinski definition) is 5. The van der Waals surface area contributed by atoms with E-state index < -0.39 is 16.4 Å². The lowest BCUT2D eigenvalue weighted by atomic mass is 10.1. The second-order valence-electron chi connectivity index (χ2n) is 4.79. The summed E-state index contributed by atoms with van der Waals surface area (Å²) in [6.07, 6.45) is 3.07. The fourth-order valence-electron chi connectivity index (χ4n) is 2.14. The van der Waals surface area contributed by atoms with Gasteiger partial charge in [0.15, 0.2) is 0 Å². The van der Waals surface area contributed by atoms with Crippen molar-refractivity contribution in [1.29, 1.82) is 0 Å². The number of rotatable bonds is 3. The van der Waals surface area contributed by atoms with E-state index in [9.17, 15) is 20.0 Å². The topological polar surface area (TPSA) is 112 Å². The molecule has 114 valence electrons. The molecule has 0 aliphatic carbocycles. The Morgan fingerprint density at radius 1 is 1.13 bits per heavy atom. The number of nitro benzene ring substituents is 1. The average molecular weight is 308 g/mol. The maximum Gasteiger partial charge on any atom is 0.262 e. The summed E-state index contributed by atoms with van der Waals surface area (Å²) in [5.74, 6) is -0.327. The van der Waals surface area contributed by atoms with Gasteiger partial charge in [-0.05, 0) is 29.5 Å². The molecule has 0 fully saturated rings. The summed E-state index contributed by atoms with van der Waals surface area (Å²) in [6.45, 7) is 0. The van der Waals surface area contributed by atoms with Gasteiger partial charge in [0.1, 0.15) is 5.82 Å². The van der Waals surface area contributed by atoms with Gasteiger partial charge in [-0.1, -0.05) is 30.3 Å². The SMILES string of the molecule is O=c1[nH]c(/C=C/c2ccc([O-])c([N+](=O)[O-])c2)nc2ccccc12. The Labute approximate surface area is 129 Å². The molecule has 3 rings (SSSR count). The predicted molar refractivity (Wildman–Crippen MR) is 83.8 cm³/mol. The Hall–Kier alpha value is -3.48. The van der Waals surface area contributed by atoms with Crippen LogP contribution in [0.2, 0.25) is 0 Å². The molecule has 1 aromatic heterocycles. The first-order valence-corrected chi connectivity index (χ1v) is 6.67. The molecule has 0 atom stereocenters. The smallest absolute Gasteiger partial charge is 0.262 e. The van der Waals surface area contributed by atoms with Crippen molar-refractivity contribution < 1.29 is 10.0 Å². The highest BCUT2D eigenvalue weighted by Gasteiger charge is 2.07. The summed E-state index contributed by atoms with van der Waals surface area (Å²) in [7, 11) is 0. The van der Waals surface area contributed by atoms with Gasteiger partial charge >= 0.3 is 0 Å². The molecule has 0 radical (unpaired) electrons. The van der Waals surface area contributed by atoms with Crippen LogP contribution in [0, 0.1) is 10.1 Å². The number of nitrogens with one attached hydrogen (secondary N) is 1. The van der Waals surface area contributed by atoms with Crippen LogP contribution in [-0.4, -0.2) is 14.9 Å². The van der Waals surface area contributed by atoms with Crippen molar-refractivity contribution in [3.05, 3.63) is 74.3 Å². The zero-order valence-electron chi connectivity index (χ0n) is 11.7. The summed E-state index contributed by atoms with van der Waals surface area (Å²) in [5, 5.41) is 22.6. The van der Waals surface area contributed by atoms with Crippen LogP contribution in [0.5, 0.6) is 5.75 Å². The van der Waals surface area contributed by atoms with Crippen LogP contribution in [0.25, 0.3) is 23.1 Å². The van der Waals surface area contributed by atoms with E-state index in [4.69, 9.17) is 0 Å². The lowest BCUT2D eigenvalue weighted by Gasteiger charge is -2.06. The molecular formula is C16H10N3O4-. The molecule has 0 spiro atoms. The number of nitro groups is 1. The number of nitrogens with zero attached hydrogens (tertiary/aromatic N) is 2. The molecule has 0 bridgehead atoms. The highest BCUT2D eigenvalue weighted by Crippen LogP contribution is 2.24. The summed E-state index contributed by atoms with van der Waals surface area (Å²) >= 11 is 0. The molecular weight excluding hydrogens is 298 g/mol. The highest BCUT2D eigenvalue weighted by molar-refractivity contribution is 5.79. The van der Waals surface area contributed by atoms with Gasteiger partial charge in [-0.2, -0.15) is 0 Å². The van der Waals surface area contributed by atoms with E-state index in [1.165, 1.54) is 18.2 Å². The van der Waals surface area contributed by atoms with Gasteiger partial charge in [-0.25, -0.2) is 4.98 Å². The molecule has 7 nitrogen and oxygen atoms in total. The summed E-state index contributed by atoms with van der Waals surface area (Å²) < 4.78 is 0. The zero-order chi connectivity index (χ0) is 16.4. The van der Waals surface area contributed by atoms with E-state index in [0.717, 1.165) is 6.07 Å². The molecule has 2 aromatic carbocycles. The average Bonchev–Trinajstić information content (AvgIpc) is 2.54. The molecule has 0 saturated carbocycles. The number of benzene rings is 2. The Bertz CT molecular complexity index is 992. The minimum Gasteiger partial charge on any atom is -0.868 e. The molecule has 0 aliphatic rings. The fourth-order valence-corrected chi connectivity index (χ4v) is 2.14. The van der Waals surface area contributed by atoms with Gasteiger partial charge in [-0.3, -0.25) is 14.9 Å². The zero-order valence-corrected chi connectivity index (χ0v) is 11.7. The second kappa shape index (κ2) is 5.72. The van der Waals surface area contributed by atoms with Gasteiger partial charge in [0.05, 0.1) is 15.8 Å². The maximum absolute atomic E-state index is 11.9. The Morgan fingerprint density at radius 2 is 1.91 bits per heavy atom. The van der Waals surface area contributed by atoms with Crippen molar-refractivity contribution in [3.63, 3.8) is 0 Å². The van der Waals surface area contributed by atoms with Crippen molar-refractivity contribution in [2.45, 2.75) is 0 Å². The Balaban J connectivity index is 1.99. The van der Waals surface area contributed by atoms with Gasteiger partial charge in [0.25, 0.3) is 11.2 Å². The minimum atomic E-state index is -0.726. The third-order valence-electron chi connectivity index (χ3n) is 3.24. The quantitative estimate of drug-likeness (QED) is 0.588. The van der Waals surface area contributed by atoms with Crippen molar-refractivity contribution in [3.8, 4) is 5.75 Å². The fraction of sp³-hybridized carbons (Fsp3) is 0. The van der Waals surface area contributed by atoms with E-state index in [1.807, 2.05) is 0 Å². The monoisotopic (exact) mass is 308 g/mol. The molecule has 1 N–H and O–H groups in total. The van der Waals surface area contributed by atoms with E-state index >= 15 is 0 Å². The number of hydrogen-bond donors (Lipinski definition) is 1. The van der Waals surface area contributed by atoms with Crippen LogP contribution in [0.15, 0.2) is 47.3 Å². The third-order valence-corrected chi connectivity index (χ3v) is 3.24. The predicted octanol–water partition coefficient (Wildman–Crippen LogP) is 2.08. The first-order chi connectivity index (χ1) is 11.0. The van der Waals surface area contributed by atoms with Gasteiger partial charge < -0.3 is 10.1 Å². The number of fused-ring (bicyclic) bond motifs is 1. The summed E-state index contributed by atoms with van der Waals surface area (Å²) in [6, 6.07) is 10.7. The molecule has 0 saturated heterocycles. The maximum atomic E-state index is 11.9. The molecule has 0 unspecified atom stereocenters. The van der Waals surface area contributed by atoms with Crippen LogP contribution in [0.1, 0.15) is 11.4 Å². The van der Waals surface area contributed by atoms with Gasteiger partial charge in [-0.15, -0.1) is 0 Å². The van der Waals surface area contributed by atoms with Crippen molar-refractivity contribution in [1.82, 2.24) is 9.97 Å². The molecule has 0 amide bonds. The normalized spacial score (nSPS) is 11.1. The van der Waals surface area contributed by atoms with E-state index in [0.29, 0.717) is 22.3 Å². The molecule has 1 heterocycles. The van der Waals surface area contributed by atoms with Crippen LogP contribution < -0.4 is 10.7 Å². The minimum absolute atomic E-state index is 0.267. The van der Waals surface area contributed by atoms with Crippen LogP contribution in [0.4, 0.5) is 5.69 Å². The lowest BCUT2D eigenvalue weighted by molar-refractivity contribution is -0.398. The largest absolute Gasteiger partial charge is 0.868 e. The Morgan fingerprint density at radius 3 is 2.70 bits per heavy atom. The van der Waals surface area contributed by atoms with Crippen molar-refractivity contribution in [2.75, 3.05) is 0 Å². The first kappa shape index (κ1) is 14.5. The summed E-state index contributed by atoms with van der Waals surface area (Å²) in [5.41, 5.74) is 0.257.